The number of carbonyl (C=O) groups excluding carboxylic acids is 1. The topological polar surface area (TPSA) is 103 Å². The van der Waals surface area contributed by atoms with E-state index in [0.29, 0.717) is 5.70 Å². The molecule has 0 aliphatic carbocycles. The van der Waals surface area contributed by atoms with Gasteiger partial charge in [-0.2, -0.15) is 0 Å². The Bertz CT molecular complexity index is 1070. The number of ether oxygens (including phenoxy) is 2. The number of nitrogens with one attached hydrogen (secondary N) is 1. The first-order chi connectivity index (χ1) is 25.0. The molecular weight excluding hydrogens is 657 g/mol. The van der Waals surface area contributed by atoms with Crippen LogP contribution < -0.4 is 21.5 Å². The second-order valence-electron chi connectivity index (χ2n) is 12.9. The van der Waals surface area contributed by atoms with Gasteiger partial charge in [-0.25, -0.2) is 0 Å². The molecule has 5 N–H and O–H groups in total. The number of carbonyl (C=O) groups is 1. The van der Waals surface area contributed by atoms with Crippen LogP contribution in [0.2, 0.25) is 0 Å². The number of unbranched alkanes of at least 4 members (excludes halogenated alkanes) is 1. The fourth-order valence-corrected chi connectivity index (χ4v) is 3.78. The highest BCUT2D eigenvalue weighted by Gasteiger charge is 2.26. The number of hydrogen-bond acceptors (Lipinski definition) is 7. The van der Waals surface area contributed by atoms with Crippen LogP contribution in [-0.4, -0.2) is 58.2 Å². The molecule has 0 saturated carbocycles. The summed E-state index contributed by atoms with van der Waals surface area (Å²) in [5.74, 6) is 1.67. The Morgan fingerprint density at radius 2 is 1.40 bits per heavy atom. The van der Waals surface area contributed by atoms with Crippen molar-refractivity contribution in [3.05, 3.63) is 77.3 Å². The quantitative estimate of drug-likeness (QED) is 0.0828. The van der Waals surface area contributed by atoms with E-state index in [2.05, 4.69) is 91.2 Å². The molecule has 0 amide bonds. The number of benzene rings is 1. The lowest BCUT2D eigenvalue weighted by Gasteiger charge is -2.30. The molecule has 0 heterocycles. The van der Waals surface area contributed by atoms with Crippen molar-refractivity contribution in [1.29, 1.82) is 0 Å². The van der Waals surface area contributed by atoms with Gasteiger partial charge in [-0.1, -0.05) is 138 Å². The van der Waals surface area contributed by atoms with Crippen LogP contribution in [0.25, 0.3) is 0 Å². The molecule has 0 saturated heterocycles. The monoisotopic (exact) mass is 749 g/mol. The average molecular weight is 749 g/mol. The highest BCUT2D eigenvalue weighted by molar-refractivity contribution is 5.92. The van der Waals surface area contributed by atoms with E-state index < -0.39 is 0 Å². The maximum atomic E-state index is 11.0. The van der Waals surface area contributed by atoms with Gasteiger partial charge in [0.25, 0.3) is 0 Å². The standard InChI is InChI=1S/C21H36O2.C9H19N3O.C8H12.C3H8.2C2H6.CH5N/c1-8-20(3,4)17-12-13-19(23-15-11-10-14-22-7)18(16-17)21(5,6)9-2;1-5-11-9(12(4)6-2)8(10)7(3)13;1-4-6-7-8(3)5-2;1-3-2;3*1-2/h12-13,16H,8-11,14-15H2,1-7H3;11H,5-6,10H2,1-4H3;4-7H,2H2,1,3H3;3H2,1-2H3;2*1-2H3;2H2,1H3/b;9-8+;6-4-,8-7-;;;;. The lowest BCUT2D eigenvalue weighted by atomic mass is 9.76. The summed E-state index contributed by atoms with van der Waals surface area (Å²) in [6, 6.07) is 6.79. The molecule has 7 heteroatoms. The summed E-state index contributed by atoms with van der Waals surface area (Å²) in [5, 5.41) is 3.07. The fourth-order valence-electron chi connectivity index (χ4n) is 3.78. The second kappa shape index (κ2) is 41.7. The largest absolute Gasteiger partial charge is 0.493 e. The Kier molecular flexibility index (Phi) is 48.8. The van der Waals surface area contributed by atoms with Crippen LogP contribution in [0, 0.1) is 0 Å². The number of hydrogen-bond donors (Lipinski definition) is 3. The molecule has 1 aromatic carbocycles. The van der Waals surface area contributed by atoms with Gasteiger partial charge < -0.3 is 31.2 Å². The minimum absolute atomic E-state index is 0.101. The number of ketones is 1. The zero-order valence-corrected chi connectivity index (χ0v) is 38.9. The van der Waals surface area contributed by atoms with Crippen molar-refractivity contribution in [2.75, 3.05) is 47.5 Å². The van der Waals surface area contributed by atoms with Crippen molar-refractivity contribution in [2.24, 2.45) is 11.5 Å². The molecule has 0 bridgehead atoms. The van der Waals surface area contributed by atoms with E-state index in [1.54, 1.807) is 7.11 Å². The second-order valence-corrected chi connectivity index (χ2v) is 12.9. The van der Waals surface area contributed by atoms with Crippen LogP contribution in [0.1, 0.15) is 161 Å². The first-order valence-electron chi connectivity index (χ1n) is 20.3. The van der Waals surface area contributed by atoms with Crippen molar-refractivity contribution in [2.45, 2.75) is 161 Å². The van der Waals surface area contributed by atoms with Gasteiger partial charge >= 0.3 is 0 Å². The SMILES string of the molecule is C=C/C(C)=C\C=C/C.CC.CC.CCC.CCC(C)(C)c1ccc(OCCCCOC)c(C(C)(C)CC)c1.CCN/C(=C(\N)C(C)=O)N(C)CC.CN. The Morgan fingerprint density at radius 3 is 1.77 bits per heavy atom. The summed E-state index contributed by atoms with van der Waals surface area (Å²) >= 11 is 0. The van der Waals surface area contributed by atoms with E-state index in [0.717, 1.165) is 63.6 Å². The number of nitrogens with two attached hydrogens (primary N) is 2. The number of rotatable bonds is 17. The number of nitrogens with zero attached hydrogens (tertiary/aromatic N) is 1. The lowest BCUT2D eigenvalue weighted by Crippen LogP contribution is -2.33. The molecule has 0 atom stereocenters. The highest BCUT2D eigenvalue weighted by atomic mass is 16.5. The van der Waals surface area contributed by atoms with Crippen molar-refractivity contribution < 1.29 is 14.3 Å². The molecule has 0 spiro atoms. The van der Waals surface area contributed by atoms with Crippen molar-refractivity contribution in [1.82, 2.24) is 10.2 Å². The zero-order valence-electron chi connectivity index (χ0n) is 38.9. The highest BCUT2D eigenvalue weighted by Crippen LogP contribution is 2.38. The Hall–Kier alpha value is -3.03. The van der Waals surface area contributed by atoms with Crippen LogP contribution >= 0.6 is 0 Å². The summed E-state index contributed by atoms with van der Waals surface area (Å²) in [6.45, 7) is 42.2. The van der Waals surface area contributed by atoms with E-state index in [9.17, 15) is 4.79 Å². The van der Waals surface area contributed by atoms with Crippen LogP contribution in [0.4, 0.5) is 0 Å². The predicted molar refractivity (Wildman–Crippen MR) is 241 cm³/mol. The molecule has 53 heavy (non-hydrogen) atoms. The van der Waals surface area contributed by atoms with Gasteiger partial charge in [0.1, 0.15) is 17.3 Å². The van der Waals surface area contributed by atoms with Crippen LogP contribution in [0.3, 0.4) is 0 Å². The van der Waals surface area contributed by atoms with Gasteiger partial charge in [-0.3, -0.25) is 4.79 Å². The predicted octanol–water partition coefficient (Wildman–Crippen LogP) is 11.9. The maximum absolute atomic E-state index is 11.0. The van der Waals surface area contributed by atoms with Gasteiger partial charge in [0.15, 0.2) is 5.78 Å². The van der Waals surface area contributed by atoms with E-state index in [1.165, 1.54) is 37.1 Å². The van der Waals surface area contributed by atoms with Crippen LogP contribution in [0.5, 0.6) is 5.75 Å². The molecule has 1 rings (SSSR count). The minimum atomic E-state index is -0.101. The molecule has 0 aromatic heterocycles. The number of methoxy groups -OCH3 is 1. The molecule has 0 fully saturated rings. The lowest BCUT2D eigenvalue weighted by molar-refractivity contribution is -0.113. The maximum Gasteiger partial charge on any atom is 0.179 e. The molecule has 314 valence electrons. The Labute approximate surface area is 332 Å². The van der Waals surface area contributed by atoms with Crippen molar-refractivity contribution in [3.8, 4) is 5.75 Å². The Morgan fingerprint density at radius 1 is 0.906 bits per heavy atom. The number of Topliss-reactive ketones (excluding diaryl/α,β-unsaturated/α-hetero) is 1. The van der Waals surface area contributed by atoms with E-state index >= 15 is 0 Å². The summed E-state index contributed by atoms with van der Waals surface area (Å²) in [5.41, 5.74) is 14.7. The average Bonchev–Trinajstić information content (AvgIpc) is 3.18. The molecule has 7 nitrogen and oxygen atoms in total. The summed E-state index contributed by atoms with van der Waals surface area (Å²) < 4.78 is 11.2. The third-order valence-corrected chi connectivity index (χ3v) is 7.97. The smallest absolute Gasteiger partial charge is 0.179 e. The van der Waals surface area contributed by atoms with Crippen molar-refractivity contribution in [3.63, 3.8) is 0 Å². The fraction of sp³-hybridized carbons (Fsp3) is 0.674. The summed E-state index contributed by atoms with van der Waals surface area (Å²) in [7, 11) is 5.14. The summed E-state index contributed by atoms with van der Waals surface area (Å²) in [4.78, 5) is 12.9. The van der Waals surface area contributed by atoms with E-state index in [1.807, 2.05) is 91.6 Å². The van der Waals surface area contributed by atoms with E-state index in [-0.39, 0.29) is 16.6 Å². The first-order valence-corrected chi connectivity index (χ1v) is 20.3. The van der Waals surface area contributed by atoms with Crippen LogP contribution in [0.15, 0.2) is 66.2 Å². The minimum Gasteiger partial charge on any atom is -0.493 e. The third-order valence-electron chi connectivity index (χ3n) is 7.97. The van der Waals surface area contributed by atoms with Crippen LogP contribution in [-0.2, 0) is 20.4 Å². The van der Waals surface area contributed by atoms with Gasteiger partial charge in [-0.05, 0) is 82.9 Å². The molecule has 0 unspecified atom stereocenters. The normalized spacial score (nSPS) is 10.9. The van der Waals surface area contributed by atoms with Gasteiger partial charge in [0.2, 0.25) is 0 Å². The molecule has 1 aromatic rings. The van der Waals surface area contributed by atoms with Gasteiger partial charge in [0, 0.05) is 46.3 Å². The Balaban J connectivity index is -0.000000155. The van der Waals surface area contributed by atoms with Gasteiger partial charge in [-0.15, -0.1) is 0 Å². The molecule has 0 aliphatic rings. The molecule has 0 radical (unpaired) electrons. The first kappa shape index (κ1) is 62.0. The van der Waals surface area contributed by atoms with Crippen molar-refractivity contribution >= 4 is 5.78 Å². The molecular formula is C46H92N4O3. The third kappa shape index (κ3) is 32.1. The number of allylic oxidation sites excluding steroid dienone is 6. The zero-order chi connectivity index (χ0) is 43.1. The molecule has 0 aliphatic heterocycles. The van der Waals surface area contributed by atoms with Gasteiger partial charge in [0.05, 0.1) is 6.61 Å². The summed E-state index contributed by atoms with van der Waals surface area (Å²) in [6.07, 6.45) is 13.4. The van der Waals surface area contributed by atoms with E-state index in [4.69, 9.17) is 15.2 Å².